The van der Waals surface area contributed by atoms with Gasteiger partial charge in [-0.05, 0) is 44.3 Å². The molecule has 1 aliphatic carbocycles. The quantitative estimate of drug-likeness (QED) is 0.330. The second-order valence-electron chi connectivity index (χ2n) is 6.16. The average Bonchev–Trinajstić information content (AvgIpc) is 2.86. The molecule has 23 heavy (non-hydrogen) atoms. The van der Waals surface area contributed by atoms with Crippen LogP contribution >= 0.6 is 0 Å². The van der Waals surface area contributed by atoms with Gasteiger partial charge in [-0.25, -0.2) is 0 Å². The van der Waals surface area contributed by atoms with E-state index in [9.17, 15) is 14.4 Å². The summed E-state index contributed by atoms with van der Waals surface area (Å²) >= 11 is 0. The van der Waals surface area contributed by atoms with Crippen LogP contribution in [0.3, 0.4) is 0 Å². The van der Waals surface area contributed by atoms with Crippen molar-refractivity contribution in [3.8, 4) is 0 Å². The lowest BCUT2D eigenvalue weighted by Gasteiger charge is -2.16. The first-order valence-electron chi connectivity index (χ1n) is 8.50. The average molecular weight is 320 g/mol. The molecule has 128 valence electrons. The van der Waals surface area contributed by atoms with Gasteiger partial charge in [0.15, 0.2) is 11.6 Å². The van der Waals surface area contributed by atoms with Crippen LogP contribution in [-0.2, 0) is 19.1 Å². The van der Waals surface area contributed by atoms with E-state index in [0.717, 1.165) is 38.5 Å². The summed E-state index contributed by atoms with van der Waals surface area (Å²) in [4.78, 5) is 33.8. The molecule has 1 rings (SSSR count). The zero-order chi connectivity index (χ0) is 17.1. The van der Waals surface area contributed by atoms with Gasteiger partial charge in [-0.3, -0.25) is 14.4 Å². The highest BCUT2D eigenvalue weighted by atomic mass is 16.5. The summed E-state index contributed by atoms with van der Waals surface area (Å²) in [5.74, 6) is 0.369. The monoisotopic (exact) mass is 320 g/mol. The van der Waals surface area contributed by atoms with E-state index in [1.54, 1.807) is 12.2 Å². The molecule has 4 heteroatoms. The third-order valence-electron chi connectivity index (χ3n) is 4.28. The molecule has 0 fully saturated rings. The molecule has 0 aliphatic heterocycles. The van der Waals surface area contributed by atoms with Crippen molar-refractivity contribution in [1.82, 2.24) is 0 Å². The molecule has 0 aromatic heterocycles. The highest BCUT2D eigenvalue weighted by Crippen LogP contribution is 2.30. The lowest BCUT2D eigenvalue weighted by molar-refractivity contribution is -0.140. The largest absolute Gasteiger partial charge is 0.469 e. The topological polar surface area (TPSA) is 60.4 Å². The number of ketones is 2. The maximum absolute atomic E-state index is 11.9. The lowest BCUT2D eigenvalue weighted by Crippen LogP contribution is -2.15. The molecule has 0 aromatic rings. The van der Waals surface area contributed by atoms with Gasteiger partial charge in [-0.1, -0.05) is 37.8 Å². The van der Waals surface area contributed by atoms with Crippen molar-refractivity contribution >= 4 is 17.5 Å². The zero-order valence-electron chi connectivity index (χ0n) is 14.3. The molecule has 0 N–H and O–H groups in total. The second-order valence-corrected chi connectivity index (χ2v) is 6.16. The number of allylic oxidation sites excluding steroid dienone is 4. The highest BCUT2D eigenvalue weighted by Gasteiger charge is 2.28. The fourth-order valence-corrected chi connectivity index (χ4v) is 2.94. The second kappa shape index (κ2) is 10.9. The molecule has 0 amide bonds. The first-order chi connectivity index (χ1) is 11.0. The molecule has 0 saturated carbocycles. The first kappa shape index (κ1) is 19.3. The Morgan fingerprint density at radius 1 is 1.17 bits per heavy atom. The van der Waals surface area contributed by atoms with E-state index in [1.807, 2.05) is 12.2 Å². The molecule has 4 nitrogen and oxygen atoms in total. The third kappa shape index (κ3) is 7.91. The summed E-state index contributed by atoms with van der Waals surface area (Å²) in [5, 5.41) is 0. The molecular weight excluding hydrogens is 292 g/mol. The summed E-state index contributed by atoms with van der Waals surface area (Å²) < 4.78 is 4.61. The Labute approximate surface area is 139 Å². The Morgan fingerprint density at radius 3 is 2.57 bits per heavy atom. The molecule has 0 unspecified atom stereocenters. The van der Waals surface area contributed by atoms with Crippen LogP contribution in [0, 0.1) is 11.8 Å². The fraction of sp³-hybridized carbons (Fsp3) is 0.632. The van der Waals surface area contributed by atoms with Crippen molar-refractivity contribution in [2.45, 2.75) is 58.3 Å². The van der Waals surface area contributed by atoms with Crippen LogP contribution in [0.25, 0.3) is 0 Å². The predicted molar refractivity (Wildman–Crippen MR) is 89.9 cm³/mol. The van der Waals surface area contributed by atoms with Gasteiger partial charge in [0.1, 0.15) is 0 Å². The molecule has 0 radical (unpaired) electrons. The maximum atomic E-state index is 11.9. The van der Waals surface area contributed by atoms with Gasteiger partial charge in [-0.15, -0.1) is 0 Å². The van der Waals surface area contributed by atoms with Crippen molar-refractivity contribution < 1.29 is 19.1 Å². The first-order valence-corrected chi connectivity index (χ1v) is 8.50. The van der Waals surface area contributed by atoms with E-state index >= 15 is 0 Å². The summed E-state index contributed by atoms with van der Waals surface area (Å²) in [6.07, 6.45) is 14.5. The normalized spacial score (nSPS) is 20.3. The zero-order valence-corrected chi connectivity index (χ0v) is 14.3. The predicted octanol–water partition coefficient (Wildman–Crippen LogP) is 3.80. The number of hydrogen-bond acceptors (Lipinski definition) is 4. The maximum Gasteiger partial charge on any atom is 0.305 e. The number of carbonyl (C=O) groups is 3. The Balaban J connectivity index is 2.17. The lowest BCUT2D eigenvalue weighted by atomic mass is 9.87. The molecular formula is C19H28O4. The minimum Gasteiger partial charge on any atom is -0.469 e. The number of ether oxygens (including phenoxy) is 1. The SMILES string of the molecule is COC(=O)CCCCCCC[C@H]1C=CC(=O)[C@@H]1C/C=C/C(C)=O. The number of rotatable bonds is 11. The van der Waals surface area contributed by atoms with Gasteiger partial charge in [0, 0.05) is 12.3 Å². The minimum absolute atomic E-state index is 0.00456. The minimum atomic E-state index is -0.138. The Morgan fingerprint density at radius 2 is 1.87 bits per heavy atom. The molecule has 0 aromatic carbocycles. The number of esters is 1. The number of carbonyl (C=O) groups excluding carboxylic acids is 3. The van der Waals surface area contributed by atoms with Gasteiger partial charge in [0.05, 0.1) is 7.11 Å². The van der Waals surface area contributed by atoms with Crippen LogP contribution in [0.5, 0.6) is 0 Å². The van der Waals surface area contributed by atoms with Crippen LogP contribution < -0.4 is 0 Å². The van der Waals surface area contributed by atoms with Crippen LogP contribution in [-0.4, -0.2) is 24.6 Å². The van der Waals surface area contributed by atoms with Crippen LogP contribution in [0.2, 0.25) is 0 Å². The van der Waals surface area contributed by atoms with E-state index in [1.165, 1.54) is 14.0 Å². The van der Waals surface area contributed by atoms with E-state index in [2.05, 4.69) is 4.74 Å². The smallest absolute Gasteiger partial charge is 0.305 e. The summed E-state index contributed by atoms with van der Waals surface area (Å²) in [5.41, 5.74) is 0. The number of hydrogen-bond donors (Lipinski definition) is 0. The number of unbranched alkanes of at least 4 members (excludes halogenated alkanes) is 4. The third-order valence-corrected chi connectivity index (χ3v) is 4.28. The molecule has 0 spiro atoms. The summed E-state index contributed by atoms with van der Waals surface area (Å²) in [6, 6.07) is 0. The van der Waals surface area contributed by atoms with Crippen molar-refractivity contribution in [3.63, 3.8) is 0 Å². The molecule has 1 aliphatic rings. The van der Waals surface area contributed by atoms with Crippen LogP contribution in [0.4, 0.5) is 0 Å². The van der Waals surface area contributed by atoms with Gasteiger partial charge < -0.3 is 4.74 Å². The summed E-state index contributed by atoms with van der Waals surface area (Å²) in [7, 11) is 1.42. The van der Waals surface area contributed by atoms with Crippen molar-refractivity contribution in [2.75, 3.05) is 7.11 Å². The standard InChI is InChI=1S/C19H28O4/c1-15(20)9-8-11-17-16(13-14-18(17)21)10-6-4-3-5-7-12-19(22)23-2/h8-9,13-14,16-17H,3-7,10-12H2,1-2H3/b9-8+/t16-,17+/m0/s1. The molecule has 0 heterocycles. The van der Waals surface area contributed by atoms with Gasteiger partial charge >= 0.3 is 5.97 Å². The van der Waals surface area contributed by atoms with Crippen molar-refractivity contribution in [3.05, 3.63) is 24.3 Å². The van der Waals surface area contributed by atoms with Crippen molar-refractivity contribution in [1.29, 1.82) is 0 Å². The fourth-order valence-electron chi connectivity index (χ4n) is 2.94. The van der Waals surface area contributed by atoms with E-state index in [-0.39, 0.29) is 23.5 Å². The molecule has 2 atom stereocenters. The Kier molecular flexibility index (Phi) is 9.18. The number of methoxy groups -OCH3 is 1. The van der Waals surface area contributed by atoms with Gasteiger partial charge in [0.2, 0.25) is 0 Å². The Hall–Kier alpha value is -1.71. The van der Waals surface area contributed by atoms with E-state index < -0.39 is 0 Å². The van der Waals surface area contributed by atoms with Crippen molar-refractivity contribution in [2.24, 2.45) is 11.8 Å². The van der Waals surface area contributed by atoms with Crippen LogP contribution in [0.1, 0.15) is 58.3 Å². The molecule has 0 saturated heterocycles. The Bertz CT molecular complexity index is 462. The molecule has 0 bridgehead atoms. The van der Waals surface area contributed by atoms with Gasteiger partial charge in [0.25, 0.3) is 0 Å². The van der Waals surface area contributed by atoms with Crippen LogP contribution in [0.15, 0.2) is 24.3 Å². The van der Waals surface area contributed by atoms with E-state index in [0.29, 0.717) is 18.8 Å². The van der Waals surface area contributed by atoms with Gasteiger partial charge in [-0.2, -0.15) is 0 Å². The van der Waals surface area contributed by atoms with E-state index in [4.69, 9.17) is 0 Å². The summed E-state index contributed by atoms with van der Waals surface area (Å²) in [6.45, 7) is 1.52. The highest BCUT2D eigenvalue weighted by molar-refractivity contribution is 5.94.